The van der Waals surface area contributed by atoms with E-state index in [1.54, 1.807) is 0 Å². The fourth-order valence-electron chi connectivity index (χ4n) is 2.45. The van der Waals surface area contributed by atoms with Crippen LogP contribution in [-0.2, 0) is 22.4 Å². The van der Waals surface area contributed by atoms with Crippen molar-refractivity contribution in [3.05, 3.63) is 21.4 Å². The first-order valence-electron chi connectivity index (χ1n) is 7.86. The molecule has 3 amide bonds. The Morgan fingerprint density at radius 2 is 2.17 bits per heavy atom. The zero-order valence-electron chi connectivity index (χ0n) is 13.4. The lowest BCUT2D eigenvalue weighted by molar-refractivity contribution is -0.123. The highest BCUT2D eigenvalue weighted by molar-refractivity contribution is 7.14. The van der Waals surface area contributed by atoms with E-state index in [0.29, 0.717) is 17.3 Å². The quantitative estimate of drug-likeness (QED) is 0.807. The number of nitrogens with one attached hydrogen (secondary N) is 2. The minimum atomic E-state index is -0.637. The van der Waals surface area contributed by atoms with Crippen LogP contribution in [0.1, 0.15) is 46.8 Å². The summed E-state index contributed by atoms with van der Waals surface area (Å²) in [5.74, 6) is -0.517. The van der Waals surface area contributed by atoms with Crippen molar-refractivity contribution in [1.82, 2.24) is 10.6 Å². The molecule has 0 aliphatic heterocycles. The summed E-state index contributed by atoms with van der Waals surface area (Å²) in [5.41, 5.74) is 1.21. The second-order valence-corrected chi connectivity index (χ2v) is 6.92. The minimum absolute atomic E-state index is 0.461. The standard InChI is InChI=1S/C16H22N2O4S/c1-3-6-17-16(21)18-14(19)9-22-15(20)13-8-11-7-10(2)4-5-12(11)23-13/h8,10H,3-7,9H2,1-2H3,(H2,17,18,19,21)/t10-/m0/s1. The summed E-state index contributed by atoms with van der Waals surface area (Å²) >= 11 is 1.44. The van der Waals surface area contributed by atoms with Crippen LogP contribution in [0.25, 0.3) is 0 Å². The molecule has 0 bridgehead atoms. The molecule has 0 saturated carbocycles. The molecule has 0 fully saturated rings. The van der Waals surface area contributed by atoms with E-state index >= 15 is 0 Å². The van der Waals surface area contributed by atoms with E-state index in [4.69, 9.17) is 4.74 Å². The Morgan fingerprint density at radius 3 is 2.91 bits per heavy atom. The van der Waals surface area contributed by atoms with E-state index in [1.807, 2.05) is 13.0 Å². The molecule has 1 aliphatic rings. The molecule has 6 nitrogen and oxygen atoms in total. The number of rotatable bonds is 5. The second-order valence-electron chi connectivity index (χ2n) is 5.79. The number of esters is 1. The smallest absolute Gasteiger partial charge is 0.348 e. The van der Waals surface area contributed by atoms with Crippen LogP contribution < -0.4 is 10.6 Å². The van der Waals surface area contributed by atoms with E-state index in [0.717, 1.165) is 25.7 Å². The Balaban J connectivity index is 1.81. The number of hydrogen-bond acceptors (Lipinski definition) is 5. The molecule has 1 aliphatic carbocycles. The van der Waals surface area contributed by atoms with Gasteiger partial charge in [-0.3, -0.25) is 10.1 Å². The molecule has 2 rings (SSSR count). The molecule has 1 heterocycles. The van der Waals surface area contributed by atoms with Gasteiger partial charge in [0.15, 0.2) is 6.61 Å². The number of fused-ring (bicyclic) bond motifs is 1. The molecule has 1 aromatic heterocycles. The predicted octanol–water partition coefficient (Wildman–Crippen LogP) is 2.27. The van der Waals surface area contributed by atoms with E-state index < -0.39 is 24.5 Å². The number of hydrogen-bond donors (Lipinski definition) is 2. The summed E-state index contributed by atoms with van der Waals surface area (Å²) in [4.78, 5) is 36.6. The van der Waals surface area contributed by atoms with Crippen molar-refractivity contribution in [2.24, 2.45) is 5.92 Å². The van der Waals surface area contributed by atoms with Gasteiger partial charge in [0.2, 0.25) is 0 Å². The summed E-state index contributed by atoms with van der Waals surface area (Å²) < 4.78 is 4.98. The third-order valence-electron chi connectivity index (χ3n) is 3.65. The van der Waals surface area contributed by atoms with Crippen molar-refractivity contribution in [2.75, 3.05) is 13.2 Å². The van der Waals surface area contributed by atoms with Crippen molar-refractivity contribution in [2.45, 2.75) is 39.5 Å². The highest BCUT2D eigenvalue weighted by Gasteiger charge is 2.21. The Kier molecular flexibility index (Phi) is 6.15. The normalized spacial score (nSPS) is 16.3. The lowest BCUT2D eigenvalue weighted by Gasteiger charge is -2.16. The Morgan fingerprint density at radius 1 is 1.39 bits per heavy atom. The monoisotopic (exact) mass is 338 g/mol. The SMILES string of the molecule is CCCNC(=O)NC(=O)COC(=O)c1cc2c(s1)CC[C@H](C)C2. The first-order chi connectivity index (χ1) is 11.0. The van der Waals surface area contributed by atoms with Crippen LogP contribution in [0.2, 0.25) is 0 Å². The number of imide groups is 1. The van der Waals surface area contributed by atoms with Crippen molar-refractivity contribution < 1.29 is 19.1 Å². The van der Waals surface area contributed by atoms with Crippen LogP contribution in [-0.4, -0.2) is 31.1 Å². The summed E-state index contributed by atoms with van der Waals surface area (Å²) in [7, 11) is 0. The number of carbonyl (C=O) groups excluding carboxylic acids is 3. The van der Waals surface area contributed by atoms with E-state index in [1.165, 1.54) is 21.8 Å². The maximum Gasteiger partial charge on any atom is 0.348 e. The second kappa shape index (κ2) is 8.10. The fraction of sp³-hybridized carbons (Fsp3) is 0.562. The van der Waals surface area contributed by atoms with E-state index in [-0.39, 0.29) is 0 Å². The van der Waals surface area contributed by atoms with Gasteiger partial charge in [-0.2, -0.15) is 0 Å². The van der Waals surface area contributed by atoms with Gasteiger partial charge in [0, 0.05) is 11.4 Å². The van der Waals surface area contributed by atoms with E-state index in [9.17, 15) is 14.4 Å². The number of amides is 3. The van der Waals surface area contributed by atoms with Gasteiger partial charge in [-0.1, -0.05) is 13.8 Å². The van der Waals surface area contributed by atoms with Crippen LogP contribution in [0.15, 0.2) is 6.07 Å². The molecule has 0 unspecified atom stereocenters. The number of urea groups is 1. The Bertz CT molecular complexity index is 597. The largest absolute Gasteiger partial charge is 0.451 e. The highest BCUT2D eigenvalue weighted by Crippen LogP contribution is 2.32. The fourth-order valence-corrected chi connectivity index (χ4v) is 3.56. The van der Waals surface area contributed by atoms with Gasteiger partial charge in [0.1, 0.15) is 4.88 Å². The number of carbonyl (C=O) groups is 3. The molecule has 0 saturated heterocycles. The van der Waals surface area contributed by atoms with Gasteiger partial charge >= 0.3 is 12.0 Å². The third kappa shape index (κ3) is 5.06. The first kappa shape index (κ1) is 17.5. The average molecular weight is 338 g/mol. The van der Waals surface area contributed by atoms with Crippen molar-refractivity contribution in [3.63, 3.8) is 0 Å². The lowest BCUT2D eigenvalue weighted by Crippen LogP contribution is -2.41. The summed E-state index contributed by atoms with van der Waals surface area (Å²) in [6, 6.07) is 1.29. The van der Waals surface area contributed by atoms with Gasteiger partial charge in [-0.15, -0.1) is 11.3 Å². The molecule has 7 heteroatoms. The summed E-state index contributed by atoms with van der Waals surface area (Å²) in [5, 5.41) is 4.62. The van der Waals surface area contributed by atoms with Gasteiger partial charge in [0.25, 0.3) is 5.91 Å². The number of thiophene rings is 1. The Hall–Kier alpha value is -1.89. The number of ether oxygens (including phenoxy) is 1. The maximum absolute atomic E-state index is 12.0. The molecular weight excluding hydrogens is 316 g/mol. The molecule has 2 N–H and O–H groups in total. The van der Waals surface area contributed by atoms with Crippen LogP contribution in [0, 0.1) is 5.92 Å². The van der Waals surface area contributed by atoms with Crippen LogP contribution in [0.3, 0.4) is 0 Å². The molecule has 126 valence electrons. The van der Waals surface area contributed by atoms with Gasteiger partial charge in [0.05, 0.1) is 0 Å². The topological polar surface area (TPSA) is 84.5 Å². The average Bonchev–Trinajstić information content (AvgIpc) is 2.93. The third-order valence-corrected chi connectivity index (χ3v) is 4.87. The molecule has 1 atom stereocenters. The van der Waals surface area contributed by atoms with Crippen LogP contribution >= 0.6 is 11.3 Å². The van der Waals surface area contributed by atoms with Gasteiger partial charge in [-0.05, 0) is 43.2 Å². The molecular formula is C16H22N2O4S. The molecule has 1 aromatic rings. The molecule has 0 radical (unpaired) electrons. The Labute approximate surface area is 139 Å². The molecule has 0 aromatic carbocycles. The first-order valence-corrected chi connectivity index (χ1v) is 8.67. The van der Waals surface area contributed by atoms with Gasteiger partial charge in [-0.25, -0.2) is 9.59 Å². The number of aryl methyl sites for hydroxylation is 1. The van der Waals surface area contributed by atoms with Crippen molar-refractivity contribution >= 4 is 29.2 Å². The lowest BCUT2D eigenvalue weighted by atomic mass is 9.90. The zero-order valence-corrected chi connectivity index (χ0v) is 14.3. The summed E-state index contributed by atoms with van der Waals surface area (Å²) in [6.07, 6.45) is 3.89. The molecule has 23 heavy (non-hydrogen) atoms. The van der Waals surface area contributed by atoms with Crippen LogP contribution in [0.5, 0.6) is 0 Å². The van der Waals surface area contributed by atoms with Crippen molar-refractivity contribution in [1.29, 1.82) is 0 Å². The molecule has 0 spiro atoms. The summed E-state index contributed by atoms with van der Waals surface area (Å²) in [6.45, 7) is 4.13. The maximum atomic E-state index is 12.0. The highest BCUT2D eigenvalue weighted by atomic mass is 32.1. The van der Waals surface area contributed by atoms with E-state index in [2.05, 4.69) is 17.6 Å². The van der Waals surface area contributed by atoms with Crippen LogP contribution in [0.4, 0.5) is 4.79 Å². The minimum Gasteiger partial charge on any atom is -0.451 e. The van der Waals surface area contributed by atoms with Gasteiger partial charge < -0.3 is 10.1 Å². The predicted molar refractivity (Wildman–Crippen MR) is 87.6 cm³/mol. The zero-order chi connectivity index (χ0) is 16.8. The van der Waals surface area contributed by atoms with Crippen molar-refractivity contribution in [3.8, 4) is 0 Å².